The largest absolute Gasteiger partial charge is 0.352 e. The number of benzene rings is 1. The number of rotatable bonds is 6. The van der Waals surface area contributed by atoms with Gasteiger partial charge in [-0.3, -0.25) is 4.79 Å². The number of carbonyl (C=O) groups excluding carboxylic acids is 1. The van der Waals surface area contributed by atoms with E-state index in [1.54, 1.807) is 0 Å². The molecule has 0 saturated heterocycles. The zero-order chi connectivity index (χ0) is 15.2. The third kappa shape index (κ3) is 4.31. The molecule has 0 aromatic heterocycles. The molecule has 0 radical (unpaired) electrons. The highest BCUT2D eigenvalue weighted by atomic mass is 16.2. The van der Waals surface area contributed by atoms with Crippen molar-refractivity contribution >= 4 is 5.91 Å². The fraction of sp³-hybridized carbons (Fsp3) is 0.611. The minimum absolute atomic E-state index is 0.124. The van der Waals surface area contributed by atoms with E-state index in [-0.39, 0.29) is 11.9 Å². The summed E-state index contributed by atoms with van der Waals surface area (Å²) in [6.07, 6.45) is 5.23. The molecule has 0 aliphatic heterocycles. The van der Waals surface area contributed by atoms with E-state index in [1.165, 1.54) is 11.1 Å². The normalized spacial score (nSPS) is 19.1. The zero-order valence-corrected chi connectivity index (χ0v) is 13.5. The van der Waals surface area contributed by atoms with Crippen molar-refractivity contribution in [3.8, 4) is 0 Å². The Morgan fingerprint density at radius 1 is 1.24 bits per heavy atom. The number of carbonyl (C=O) groups is 1. The smallest absolute Gasteiger partial charge is 0.237 e. The molecule has 0 saturated carbocycles. The van der Waals surface area contributed by atoms with Gasteiger partial charge < -0.3 is 10.6 Å². The van der Waals surface area contributed by atoms with Crippen LogP contribution < -0.4 is 10.6 Å². The average Bonchev–Trinajstić information content (AvgIpc) is 2.52. The van der Waals surface area contributed by atoms with Crippen LogP contribution in [0.25, 0.3) is 0 Å². The van der Waals surface area contributed by atoms with Gasteiger partial charge in [-0.05, 0) is 50.2 Å². The first-order valence-corrected chi connectivity index (χ1v) is 8.27. The van der Waals surface area contributed by atoms with Crippen molar-refractivity contribution in [3.63, 3.8) is 0 Å². The van der Waals surface area contributed by atoms with E-state index in [9.17, 15) is 4.79 Å². The maximum Gasteiger partial charge on any atom is 0.237 e. The van der Waals surface area contributed by atoms with E-state index in [0.717, 1.165) is 32.1 Å². The molecule has 3 nitrogen and oxygen atoms in total. The monoisotopic (exact) mass is 288 g/mol. The van der Waals surface area contributed by atoms with Crippen LogP contribution in [0.4, 0.5) is 0 Å². The van der Waals surface area contributed by atoms with E-state index in [4.69, 9.17) is 0 Å². The maximum atomic E-state index is 12.2. The summed E-state index contributed by atoms with van der Waals surface area (Å²) in [4.78, 5) is 12.2. The van der Waals surface area contributed by atoms with Gasteiger partial charge in [-0.15, -0.1) is 0 Å². The second-order valence-corrected chi connectivity index (χ2v) is 6.12. The van der Waals surface area contributed by atoms with Crippen molar-refractivity contribution in [2.75, 3.05) is 0 Å². The van der Waals surface area contributed by atoms with Crippen LogP contribution in [-0.4, -0.2) is 24.0 Å². The molecule has 1 aliphatic carbocycles. The highest BCUT2D eigenvalue weighted by Crippen LogP contribution is 2.21. The van der Waals surface area contributed by atoms with Crippen LogP contribution in [0.1, 0.15) is 51.2 Å². The Bertz CT molecular complexity index is 468. The first kappa shape index (κ1) is 16.0. The van der Waals surface area contributed by atoms with Crippen LogP contribution >= 0.6 is 0 Å². The van der Waals surface area contributed by atoms with Gasteiger partial charge in [0.25, 0.3) is 0 Å². The Hall–Kier alpha value is -1.35. The maximum absolute atomic E-state index is 12.2. The summed E-state index contributed by atoms with van der Waals surface area (Å²) >= 11 is 0. The fourth-order valence-corrected chi connectivity index (χ4v) is 3.09. The van der Waals surface area contributed by atoms with Gasteiger partial charge >= 0.3 is 0 Å². The Morgan fingerprint density at radius 2 is 1.90 bits per heavy atom. The molecule has 1 aliphatic rings. The van der Waals surface area contributed by atoms with Gasteiger partial charge in [-0.25, -0.2) is 0 Å². The lowest BCUT2D eigenvalue weighted by molar-refractivity contribution is -0.123. The second kappa shape index (κ2) is 7.60. The Balaban J connectivity index is 1.86. The molecule has 0 heterocycles. The molecule has 2 N–H and O–H groups in total. The SMILES string of the molecule is CCC(CC)NC(=O)C(C)NC1CCc2ccccc2C1. The molecule has 0 spiro atoms. The van der Waals surface area contributed by atoms with Gasteiger partial charge in [-0.1, -0.05) is 38.1 Å². The number of amides is 1. The first-order chi connectivity index (χ1) is 10.1. The van der Waals surface area contributed by atoms with Crippen LogP contribution in [0.3, 0.4) is 0 Å². The third-order valence-corrected chi connectivity index (χ3v) is 4.56. The van der Waals surface area contributed by atoms with Crippen molar-refractivity contribution in [1.82, 2.24) is 10.6 Å². The van der Waals surface area contributed by atoms with Crippen LogP contribution in [0.15, 0.2) is 24.3 Å². The van der Waals surface area contributed by atoms with E-state index >= 15 is 0 Å². The number of fused-ring (bicyclic) bond motifs is 1. The second-order valence-electron chi connectivity index (χ2n) is 6.12. The Morgan fingerprint density at radius 3 is 2.57 bits per heavy atom. The molecule has 2 rings (SSSR count). The van der Waals surface area contributed by atoms with Crippen molar-refractivity contribution < 1.29 is 4.79 Å². The van der Waals surface area contributed by atoms with Crippen molar-refractivity contribution in [1.29, 1.82) is 0 Å². The molecule has 21 heavy (non-hydrogen) atoms. The lowest BCUT2D eigenvalue weighted by Crippen LogP contribution is -2.50. The summed E-state index contributed by atoms with van der Waals surface area (Å²) in [5.41, 5.74) is 2.89. The highest BCUT2D eigenvalue weighted by Gasteiger charge is 2.23. The Kier molecular flexibility index (Phi) is 5.80. The average molecular weight is 288 g/mol. The molecule has 1 amide bonds. The van der Waals surface area contributed by atoms with Crippen molar-refractivity contribution in [2.45, 2.75) is 71.0 Å². The number of hydrogen-bond acceptors (Lipinski definition) is 2. The lowest BCUT2D eigenvalue weighted by Gasteiger charge is -2.28. The summed E-state index contributed by atoms with van der Waals surface area (Å²) in [6, 6.07) is 9.22. The number of aryl methyl sites for hydroxylation is 1. The standard InChI is InChI=1S/C18H28N2O/c1-4-16(5-2)20-18(21)13(3)19-17-11-10-14-8-6-7-9-15(14)12-17/h6-9,13,16-17,19H,4-5,10-12H2,1-3H3,(H,20,21). The van der Waals surface area contributed by atoms with Gasteiger partial charge in [0.1, 0.15) is 0 Å². The van der Waals surface area contributed by atoms with Gasteiger partial charge in [0.15, 0.2) is 0 Å². The molecule has 0 fully saturated rings. The molecule has 116 valence electrons. The summed E-state index contributed by atoms with van der Waals surface area (Å²) in [5.74, 6) is 0.127. The predicted molar refractivity (Wildman–Crippen MR) is 87.4 cm³/mol. The van der Waals surface area contributed by atoms with E-state index in [0.29, 0.717) is 12.1 Å². The molecular weight excluding hydrogens is 260 g/mol. The number of nitrogens with one attached hydrogen (secondary N) is 2. The summed E-state index contributed by atoms with van der Waals surface area (Å²) in [7, 11) is 0. The van der Waals surface area contributed by atoms with Gasteiger partial charge in [-0.2, -0.15) is 0 Å². The molecule has 3 heteroatoms. The Labute approximate surface area is 128 Å². The van der Waals surface area contributed by atoms with E-state index in [2.05, 4.69) is 48.7 Å². The van der Waals surface area contributed by atoms with Crippen LogP contribution in [0.2, 0.25) is 0 Å². The van der Waals surface area contributed by atoms with Crippen LogP contribution in [0.5, 0.6) is 0 Å². The van der Waals surface area contributed by atoms with Gasteiger partial charge in [0.05, 0.1) is 6.04 Å². The first-order valence-electron chi connectivity index (χ1n) is 8.27. The highest BCUT2D eigenvalue weighted by molar-refractivity contribution is 5.81. The third-order valence-electron chi connectivity index (χ3n) is 4.56. The van der Waals surface area contributed by atoms with Gasteiger partial charge in [0, 0.05) is 12.1 Å². The topological polar surface area (TPSA) is 41.1 Å². The fourth-order valence-electron chi connectivity index (χ4n) is 3.09. The van der Waals surface area contributed by atoms with Crippen molar-refractivity contribution in [3.05, 3.63) is 35.4 Å². The zero-order valence-electron chi connectivity index (χ0n) is 13.5. The predicted octanol–water partition coefficient (Wildman–Crippen LogP) is 2.83. The summed E-state index contributed by atoms with van der Waals surface area (Å²) in [6.45, 7) is 6.20. The molecular formula is C18H28N2O. The summed E-state index contributed by atoms with van der Waals surface area (Å²) in [5, 5.41) is 6.62. The molecule has 2 atom stereocenters. The minimum atomic E-state index is -0.124. The van der Waals surface area contributed by atoms with Crippen LogP contribution in [-0.2, 0) is 17.6 Å². The number of hydrogen-bond donors (Lipinski definition) is 2. The van der Waals surface area contributed by atoms with Crippen LogP contribution in [0, 0.1) is 0 Å². The molecule has 0 bridgehead atoms. The van der Waals surface area contributed by atoms with Gasteiger partial charge in [0.2, 0.25) is 5.91 Å². The van der Waals surface area contributed by atoms with E-state index < -0.39 is 0 Å². The lowest BCUT2D eigenvalue weighted by atomic mass is 9.88. The molecule has 1 aromatic rings. The minimum Gasteiger partial charge on any atom is -0.352 e. The molecule has 1 aromatic carbocycles. The quantitative estimate of drug-likeness (QED) is 0.845. The molecule has 2 unspecified atom stereocenters. The summed E-state index contributed by atoms with van der Waals surface area (Å²) < 4.78 is 0. The van der Waals surface area contributed by atoms with Crippen molar-refractivity contribution in [2.24, 2.45) is 0 Å². The van der Waals surface area contributed by atoms with E-state index in [1.807, 2.05) is 6.92 Å².